The van der Waals surface area contributed by atoms with E-state index in [1.165, 1.54) is 7.05 Å². The standard InChI is InChI=1S/C26H21Cl2NO4.C12H15NO3/c1-2-31-20-13-11-19(12-14-20)25(17-26(25,27)28)24(30)33-23(16-29)18-7-6-10-22(15-18)32-21-8-4-3-5-9-21;1-12(2)7-8-5-4-6-9(10(8)16-12)15-11(14)13-3/h3-15,23H,2,17H2,1H3;4-6H,7H2,1-3H3,(H,13,14). The van der Waals surface area contributed by atoms with E-state index in [0.717, 1.165) is 12.0 Å². The number of hydrogen-bond acceptors (Lipinski definition) is 8. The van der Waals surface area contributed by atoms with Crippen molar-refractivity contribution in [2.75, 3.05) is 13.7 Å². The lowest BCUT2D eigenvalue weighted by atomic mass is 9.95. The number of carbonyl (C=O) groups excluding carboxylic acids is 2. The lowest BCUT2D eigenvalue weighted by Gasteiger charge is -2.20. The van der Waals surface area contributed by atoms with Gasteiger partial charge in [0.25, 0.3) is 0 Å². The number of nitrogens with one attached hydrogen (secondary N) is 1. The Morgan fingerprint density at radius 2 is 1.61 bits per heavy atom. The molecule has 1 N–H and O–H groups in total. The maximum absolute atomic E-state index is 13.3. The molecule has 0 radical (unpaired) electrons. The summed E-state index contributed by atoms with van der Waals surface area (Å²) in [6.45, 7) is 6.43. The molecule has 2 unspecified atom stereocenters. The smallest absolute Gasteiger partial charge is 0.412 e. The summed E-state index contributed by atoms with van der Waals surface area (Å²) in [5.41, 5.74) is 0.681. The Hall–Kier alpha value is -4.91. The lowest BCUT2D eigenvalue weighted by molar-refractivity contribution is -0.150. The van der Waals surface area contributed by atoms with Gasteiger partial charge >= 0.3 is 12.1 Å². The van der Waals surface area contributed by atoms with Gasteiger partial charge in [0.15, 0.2) is 11.5 Å². The molecular weight excluding hydrogens is 667 g/mol. The number of amides is 1. The molecule has 254 valence electrons. The van der Waals surface area contributed by atoms with E-state index in [1.54, 1.807) is 54.6 Å². The van der Waals surface area contributed by atoms with Gasteiger partial charge in [0.1, 0.15) is 38.7 Å². The highest BCUT2D eigenvalue weighted by molar-refractivity contribution is 6.54. The maximum atomic E-state index is 13.3. The van der Waals surface area contributed by atoms with Crippen LogP contribution < -0.4 is 24.3 Å². The molecule has 2 atom stereocenters. The molecule has 0 aromatic heterocycles. The molecule has 1 amide bonds. The van der Waals surface area contributed by atoms with Crippen LogP contribution in [-0.4, -0.2) is 35.7 Å². The van der Waals surface area contributed by atoms with Gasteiger partial charge in [0, 0.05) is 31.0 Å². The summed E-state index contributed by atoms with van der Waals surface area (Å²) >= 11 is 12.8. The molecule has 9 nitrogen and oxygen atoms in total. The third-order valence-electron chi connectivity index (χ3n) is 7.94. The molecule has 0 spiro atoms. The molecule has 6 rings (SSSR count). The van der Waals surface area contributed by atoms with Gasteiger partial charge in [-0.05, 0) is 68.8 Å². The van der Waals surface area contributed by atoms with Crippen molar-refractivity contribution in [3.8, 4) is 34.8 Å². The number of hydrogen-bond donors (Lipinski definition) is 1. The van der Waals surface area contributed by atoms with Crippen LogP contribution >= 0.6 is 23.2 Å². The van der Waals surface area contributed by atoms with Gasteiger partial charge in [-0.3, -0.25) is 4.79 Å². The van der Waals surface area contributed by atoms with E-state index in [-0.39, 0.29) is 12.0 Å². The first-order valence-corrected chi connectivity index (χ1v) is 16.4. The van der Waals surface area contributed by atoms with Crippen LogP contribution in [0.1, 0.15) is 50.0 Å². The van der Waals surface area contributed by atoms with Gasteiger partial charge in [0.2, 0.25) is 6.10 Å². The van der Waals surface area contributed by atoms with E-state index in [4.69, 9.17) is 46.9 Å². The molecule has 49 heavy (non-hydrogen) atoms. The lowest BCUT2D eigenvalue weighted by Crippen LogP contribution is -2.30. The molecule has 2 aliphatic rings. The summed E-state index contributed by atoms with van der Waals surface area (Å²) < 4.78 is 26.5. The minimum Gasteiger partial charge on any atom is -0.494 e. The Balaban J connectivity index is 0.000000244. The fraction of sp³-hybridized carbons (Fsp3) is 0.289. The SMILES string of the molecule is CCOc1ccc(C2(C(=O)OC(C#N)c3cccc(Oc4ccccc4)c3)CC2(Cl)Cl)cc1.CNC(=O)Oc1cccc2c1OC(C)(C)C2. The molecule has 11 heteroatoms. The van der Waals surface area contributed by atoms with E-state index >= 15 is 0 Å². The Morgan fingerprint density at radius 1 is 0.939 bits per heavy atom. The number of nitrogens with zero attached hydrogens (tertiary/aromatic N) is 1. The summed E-state index contributed by atoms with van der Waals surface area (Å²) in [5, 5.41) is 12.1. The Kier molecular flexibility index (Phi) is 10.6. The minimum atomic E-state index is -1.32. The number of benzene rings is 4. The van der Waals surface area contributed by atoms with Crippen molar-refractivity contribution in [1.29, 1.82) is 5.26 Å². The van der Waals surface area contributed by atoms with E-state index in [2.05, 4.69) is 5.32 Å². The van der Waals surface area contributed by atoms with Crippen molar-refractivity contribution in [2.45, 2.75) is 55.1 Å². The van der Waals surface area contributed by atoms with Crippen molar-refractivity contribution in [3.05, 3.63) is 114 Å². The van der Waals surface area contributed by atoms with Gasteiger partial charge in [-0.1, -0.05) is 77.8 Å². The topological polar surface area (TPSA) is 116 Å². The van der Waals surface area contributed by atoms with Crippen LogP contribution in [0.4, 0.5) is 4.79 Å². The van der Waals surface area contributed by atoms with Crippen LogP contribution in [0.15, 0.2) is 97.1 Å². The van der Waals surface area contributed by atoms with Crippen LogP contribution in [0.5, 0.6) is 28.7 Å². The van der Waals surface area contributed by atoms with Gasteiger partial charge in [0.05, 0.1) is 6.61 Å². The number of fused-ring (bicyclic) bond motifs is 1. The van der Waals surface area contributed by atoms with Crippen molar-refractivity contribution in [2.24, 2.45) is 0 Å². The quantitative estimate of drug-likeness (QED) is 0.136. The second-order valence-electron chi connectivity index (χ2n) is 12.1. The van der Waals surface area contributed by atoms with E-state index in [9.17, 15) is 14.9 Å². The third kappa shape index (κ3) is 8.05. The van der Waals surface area contributed by atoms with Gasteiger partial charge in [-0.2, -0.15) is 5.26 Å². The third-order valence-corrected chi connectivity index (χ3v) is 8.85. The van der Waals surface area contributed by atoms with Crippen LogP contribution in [0, 0.1) is 11.3 Å². The highest BCUT2D eigenvalue weighted by Crippen LogP contribution is 2.65. The normalized spacial score (nSPS) is 18.1. The second kappa shape index (κ2) is 14.7. The van der Waals surface area contributed by atoms with Gasteiger partial charge in [-0.25, -0.2) is 4.79 Å². The molecule has 1 fully saturated rings. The second-order valence-corrected chi connectivity index (χ2v) is 13.6. The zero-order chi connectivity index (χ0) is 35.2. The largest absolute Gasteiger partial charge is 0.494 e. The Morgan fingerprint density at radius 3 is 2.24 bits per heavy atom. The first-order chi connectivity index (χ1) is 23.4. The average Bonchev–Trinajstić information content (AvgIpc) is 3.53. The average molecular weight is 704 g/mol. The number of para-hydroxylation sites is 2. The number of rotatable bonds is 9. The molecule has 1 saturated carbocycles. The van der Waals surface area contributed by atoms with Crippen LogP contribution in [0.25, 0.3) is 0 Å². The maximum Gasteiger partial charge on any atom is 0.412 e. The number of ether oxygens (including phenoxy) is 5. The van der Waals surface area contributed by atoms with E-state index in [1.807, 2.05) is 69.3 Å². The molecule has 0 saturated heterocycles. The van der Waals surface area contributed by atoms with Gasteiger partial charge < -0.3 is 29.0 Å². The molecule has 1 aliphatic carbocycles. The van der Waals surface area contributed by atoms with Crippen molar-refractivity contribution in [3.63, 3.8) is 0 Å². The van der Waals surface area contributed by atoms with Crippen LogP contribution in [-0.2, 0) is 21.4 Å². The summed E-state index contributed by atoms with van der Waals surface area (Å²) in [6, 6.07) is 30.7. The summed E-state index contributed by atoms with van der Waals surface area (Å²) in [4.78, 5) is 24.4. The highest BCUT2D eigenvalue weighted by Gasteiger charge is 2.73. The Labute approximate surface area is 295 Å². The number of carbonyl (C=O) groups is 2. The molecule has 1 aliphatic heterocycles. The monoisotopic (exact) mass is 702 g/mol. The van der Waals surface area contributed by atoms with E-state index in [0.29, 0.717) is 46.5 Å². The zero-order valence-corrected chi connectivity index (χ0v) is 29.0. The molecule has 1 heterocycles. The molecular formula is C38H36Cl2N2O7. The predicted octanol–water partition coefficient (Wildman–Crippen LogP) is 8.62. The summed E-state index contributed by atoms with van der Waals surface area (Å²) in [5.74, 6) is 2.34. The Bertz CT molecular complexity index is 1840. The predicted molar refractivity (Wildman–Crippen MR) is 186 cm³/mol. The van der Waals surface area contributed by atoms with Gasteiger partial charge in [-0.15, -0.1) is 0 Å². The van der Waals surface area contributed by atoms with Crippen LogP contribution in [0.2, 0.25) is 0 Å². The number of halogens is 2. The summed E-state index contributed by atoms with van der Waals surface area (Å²) in [6.07, 6.45) is -0.624. The first-order valence-electron chi connectivity index (χ1n) is 15.7. The molecule has 4 aromatic carbocycles. The zero-order valence-electron chi connectivity index (χ0n) is 27.5. The van der Waals surface area contributed by atoms with Crippen LogP contribution in [0.3, 0.4) is 0 Å². The van der Waals surface area contributed by atoms with Crippen molar-refractivity contribution >= 4 is 35.3 Å². The van der Waals surface area contributed by atoms with Crippen molar-refractivity contribution < 1.29 is 33.3 Å². The molecule has 0 bridgehead atoms. The number of esters is 1. The molecule has 4 aromatic rings. The minimum absolute atomic E-state index is 0.186. The number of alkyl halides is 2. The van der Waals surface area contributed by atoms with E-state index < -0.39 is 27.9 Å². The van der Waals surface area contributed by atoms with Crippen molar-refractivity contribution in [1.82, 2.24) is 5.32 Å². The summed E-state index contributed by atoms with van der Waals surface area (Å²) in [7, 11) is 1.52. The highest BCUT2D eigenvalue weighted by atomic mass is 35.5. The fourth-order valence-corrected chi connectivity index (χ4v) is 6.28. The first kappa shape index (κ1) is 35.4. The fourth-order valence-electron chi connectivity index (χ4n) is 5.50. The number of nitriles is 1.